The smallest absolute Gasteiger partial charge is 0.00577 e. The Morgan fingerprint density at radius 3 is 2.23 bits per heavy atom. The molecule has 0 radical (unpaired) electrons. The lowest BCUT2D eigenvalue weighted by Crippen LogP contribution is -1.97. The molecule has 3 aromatic rings. The average molecular weight is 338 g/mol. The van der Waals surface area contributed by atoms with Crippen molar-refractivity contribution in [3.8, 4) is 22.3 Å². The van der Waals surface area contributed by atoms with Crippen molar-refractivity contribution >= 4 is 6.08 Å². The third-order valence-corrected chi connectivity index (χ3v) is 5.44. The Kier molecular flexibility index (Phi) is 4.75. The molecule has 0 unspecified atom stereocenters. The molecule has 0 atom stereocenters. The first kappa shape index (κ1) is 16.8. The van der Waals surface area contributed by atoms with Crippen LogP contribution in [0.3, 0.4) is 0 Å². The van der Waals surface area contributed by atoms with E-state index in [0.717, 1.165) is 19.3 Å². The zero-order chi connectivity index (χ0) is 17.9. The molecule has 0 N–H and O–H groups in total. The molecular weight excluding hydrogens is 312 g/mol. The molecule has 0 amide bonds. The Bertz CT molecular complexity index is 945. The summed E-state index contributed by atoms with van der Waals surface area (Å²) in [5, 5.41) is 0. The number of rotatable bonds is 5. The SMILES string of the molecule is CCCc1ccc2c(c1-c1ccccc1-c1ccccc1)C=C(CC)C2. The Labute approximate surface area is 157 Å². The third-order valence-electron chi connectivity index (χ3n) is 5.44. The number of allylic oxidation sites excluding steroid dienone is 1. The van der Waals surface area contributed by atoms with E-state index < -0.39 is 0 Å². The summed E-state index contributed by atoms with van der Waals surface area (Å²) in [6, 6.07) is 24.4. The van der Waals surface area contributed by atoms with E-state index in [2.05, 4.69) is 86.7 Å². The molecule has 0 saturated carbocycles. The van der Waals surface area contributed by atoms with Gasteiger partial charge in [-0.25, -0.2) is 0 Å². The van der Waals surface area contributed by atoms with Crippen LogP contribution in [0.2, 0.25) is 0 Å². The Morgan fingerprint density at radius 2 is 1.50 bits per heavy atom. The molecule has 0 spiro atoms. The fourth-order valence-corrected chi connectivity index (χ4v) is 4.12. The number of hydrogen-bond acceptors (Lipinski definition) is 0. The molecule has 26 heavy (non-hydrogen) atoms. The van der Waals surface area contributed by atoms with Gasteiger partial charge in [0, 0.05) is 0 Å². The van der Waals surface area contributed by atoms with Crippen molar-refractivity contribution in [3.63, 3.8) is 0 Å². The molecular formula is C26H26. The minimum Gasteiger partial charge on any atom is -0.0655 e. The predicted octanol–water partition coefficient (Wildman–Crippen LogP) is 7.32. The van der Waals surface area contributed by atoms with Crippen molar-refractivity contribution in [2.24, 2.45) is 0 Å². The van der Waals surface area contributed by atoms with Crippen molar-refractivity contribution in [2.75, 3.05) is 0 Å². The van der Waals surface area contributed by atoms with Crippen LogP contribution in [0.4, 0.5) is 0 Å². The quantitative estimate of drug-likeness (QED) is 0.457. The Hall–Kier alpha value is -2.60. The number of hydrogen-bond donors (Lipinski definition) is 0. The van der Waals surface area contributed by atoms with Gasteiger partial charge in [-0.1, -0.05) is 98.6 Å². The second kappa shape index (κ2) is 7.33. The van der Waals surface area contributed by atoms with Crippen LogP contribution < -0.4 is 0 Å². The molecule has 130 valence electrons. The second-order valence-corrected chi connectivity index (χ2v) is 7.17. The summed E-state index contributed by atoms with van der Waals surface area (Å²) >= 11 is 0. The molecule has 1 aliphatic rings. The maximum Gasteiger partial charge on any atom is -0.00577 e. The van der Waals surface area contributed by atoms with Gasteiger partial charge < -0.3 is 0 Å². The maximum absolute atomic E-state index is 2.45. The number of fused-ring (bicyclic) bond motifs is 1. The van der Waals surface area contributed by atoms with Crippen molar-refractivity contribution in [3.05, 3.63) is 89.0 Å². The van der Waals surface area contributed by atoms with Crippen LogP contribution in [0, 0.1) is 0 Å². The van der Waals surface area contributed by atoms with E-state index in [1.54, 1.807) is 5.57 Å². The van der Waals surface area contributed by atoms with Crippen LogP contribution in [0.25, 0.3) is 28.3 Å². The summed E-state index contributed by atoms with van der Waals surface area (Å²) in [5.41, 5.74) is 11.4. The predicted molar refractivity (Wildman–Crippen MR) is 113 cm³/mol. The van der Waals surface area contributed by atoms with Gasteiger partial charge in [-0.2, -0.15) is 0 Å². The van der Waals surface area contributed by atoms with Crippen molar-refractivity contribution < 1.29 is 0 Å². The van der Waals surface area contributed by atoms with Gasteiger partial charge in [0.25, 0.3) is 0 Å². The van der Waals surface area contributed by atoms with Crippen molar-refractivity contribution in [1.82, 2.24) is 0 Å². The summed E-state index contributed by atoms with van der Waals surface area (Å²) < 4.78 is 0. The summed E-state index contributed by atoms with van der Waals surface area (Å²) in [6.45, 7) is 4.54. The number of benzene rings is 3. The van der Waals surface area contributed by atoms with E-state index in [-0.39, 0.29) is 0 Å². The van der Waals surface area contributed by atoms with Crippen LogP contribution in [-0.4, -0.2) is 0 Å². The van der Waals surface area contributed by atoms with E-state index >= 15 is 0 Å². The monoisotopic (exact) mass is 338 g/mol. The highest BCUT2D eigenvalue weighted by molar-refractivity contribution is 5.91. The first-order valence-electron chi connectivity index (χ1n) is 9.80. The standard InChI is InChI=1S/C26H26/c1-3-10-21-15-16-22-17-19(4-2)18-25(22)26(21)24-14-9-8-13-23(24)20-11-6-5-7-12-20/h5-9,11-16,18H,3-4,10,17H2,1-2H3. The minimum absolute atomic E-state index is 1.11. The zero-order valence-electron chi connectivity index (χ0n) is 15.8. The highest BCUT2D eigenvalue weighted by Gasteiger charge is 2.20. The van der Waals surface area contributed by atoms with Crippen LogP contribution in [0.15, 0.2) is 72.3 Å². The largest absolute Gasteiger partial charge is 0.0655 e. The van der Waals surface area contributed by atoms with Gasteiger partial charge >= 0.3 is 0 Å². The average Bonchev–Trinajstić information content (AvgIpc) is 3.12. The van der Waals surface area contributed by atoms with Crippen LogP contribution >= 0.6 is 0 Å². The molecule has 0 aliphatic heterocycles. The van der Waals surface area contributed by atoms with E-state index in [1.807, 2.05) is 0 Å². The topological polar surface area (TPSA) is 0 Å². The molecule has 0 bridgehead atoms. The fraction of sp³-hybridized carbons (Fsp3) is 0.231. The molecule has 1 aliphatic carbocycles. The first-order chi connectivity index (χ1) is 12.8. The van der Waals surface area contributed by atoms with Gasteiger partial charge in [0.05, 0.1) is 0 Å². The zero-order valence-corrected chi connectivity index (χ0v) is 15.8. The van der Waals surface area contributed by atoms with E-state index in [1.165, 1.54) is 45.4 Å². The summed E-state index contributed by atoms with van der Waals surface area (Å²) in [6.07, 6.45) is 6.99. The first-order valence-corrected chi connectivity index (χ1v) is 9.80. The third kappa shape index (κ3) is 3.01. The molecule has 3 aromatic carbocycles. The highest BCUT2D eigenvalue weighted by Crippen LogP contribution is 2.41. The highest BCUT2D eigenvalue weighted by atomic mass is 14.2. The molecule has 0 nitrogen and oxygen atoms in total. The van der Waals surface area contributed by atoms with Gasteiger partial charge in [0.1, 0.15) is 0 Å². The lowest BCUT2D eigenvalue weighted by atomic mass is 9.86. The van der Waals surface area contributed by atoms with Gasteiger partial charge in [0.2, 0.25) is 0 Å². The summed E-state index contributed by atoms with van der Waals surface area (Å²) in [7, 11) is 0. The normalized spacial score (nSPS) is 12.8. The fourth-order valence-electron chi connectivity index (χ4n) is 4.12. The molecule has 0 fully saturated rings. The lowest BCUT2D eigenvalue weighted by molar-refractivity contribution is 0.922. The number of aryl methyl sites for hydroxylation is 1. The van der Waals surface area contributed by atoms with E-state index in [9.17, 15) is 0 Å². The summed E-state index contributed by atoms with van der Waals surface area (Å²) in [5.74, 6) is 0. The molecule has 0 saturated heterocycles. The van der Waals surface area contributed by atoms with Gasteiger partial charge in [-0.3, -0.25) is 0 Å². The van der Waals surface area contributed by atoms with E-state index in [4.69, 9.17) is 0 Å². The van der Waals surface area contributed by atoms with Crippen molar-refractivity contribution in [2.45, 2.75) is 39.5 Å². The van der Waals surface area contributed by atoms with Gasteiger partial charge in [-0.05, 0) is 58.2 Å². The molecule has 0 aromatic heterocycles. The molecule has 4 rings (SSSR count). The molecule has 0 heterocycles. The van der Waals surface area contributed by atoms with Crippen LogP contribution in [-0.2, 0) is 12.8 Å². The Balaban J connectivity index is 1.97. The van der Waals surface area contributed by atoms with Crippen LogP contribution in [0.5, 0.6) is 0 Å². The second-order valence-electron chi connectivity index (χ2n) is 7.17. The van der Waals surface area contributed by atoms with Crippen LogP contribution in [0.1, 0.15) is 43.4 Å². The molecule has 0 heteroatoms. The Morgan fingerprint density at radius 1 is 0.769 bits per heavy atom. The minimum atomic E-state index is 1.11. The van der Waals surface area contributed by atoms with Gasteiger partial charge in [-0.15, -0.1) is 0 Å². The van der Waals surface area contributed by atoms with Gasteiger partial charge in [0.15, 0.2) is 0 Å². The van der Waals surface area contributed by atoms with E-state index in [0.29, 0.717) is 0 Å². The summed E-state index contributed by atoms with van der Waals surface area (Å²) in [4.78, 5) is 0. The van der Waals surface area contributed by atoms with Crippen molar-refractivity contribution in [1.29, 1.82) is 0 Å². The lowest BCUT2D eigenvalue weighted by Gasteiger charge is -2.18. The maximum atomic E-state index is 2.45.